The maximum absolute atomic E-state index is 3.47. The van der Waals surface area contributed by atoms with Gasteiger partial charge in [-0.3, -0.25) is 4.90 Å². The van der Waals surface area contributed by atoms with Crippen molar-refractivity contribution in [1.82, 2.24) is 15.5 Å². The van der Waals surface area contributed by atoms with Crippen LogP contribution >= 0.6 is 0 Å². The molecule has 2 aromatic carbocycles. The van der Waals surface area contributed by atoms with Gasteiger partial charge in [0, 0.05) is 11.4 Å². The van der Waals surface area contributed by atoms with Crippen LogP contribution in [0.2, 0.25) is 0 Å². The molecule has 2 N–H and O–H groups in total. The average molecular weight is 403 g/mol. The van der Waals surface area contributed by atoms with Crippen LogP contribution in [0.5, 0.6) is 0 Å². The Hall–Kier alpha value is -2.76. The smallest absolute Gasteiger partial charge is 0.0946 e. The molecule has 2 aromatic rings. The Morgan fingerprint density at radius 2 is 1.47 bits per heavy atom. The summed E-state index contributed by atoms with van der Waals surface area (Å²) in [5.41, 5.74) is 3.44. The van der Waals surface area contributed by atoms with Gasteiger partial charge in [-0.1, -0.05) is 67.9 Å². The zero-order valence-electron chi connectivity index (χ0n) is 18.7. The number of nitrogens with one attached hydrogen (secondary N) is 2. The van der Waals surface area contributed by atoms with Gasteiger partial charge in [0.2, 0.25) is 0 Å². The van der Waals surface area contributed by atoms with E-state index in [1.165, 1.54) is 5.56 Å². The highest BCUT2D eigenvalue weighted by Crippen LogP contribution is 2.26. The zero-order chi connectivity index (χ0) is 21.6. The molecule has 30 heavy (non-hydrogen) atoms. The molecule has 0 amide bonds. The highest BCUT2D eigenvalue weighted by molar-refractivity contribution is 5.64. The first kappa shape index (κ1) is 23.5. The Labute approximate surface area is 182 Å². The fourth-order valence-corrected chi connectivity index (χ4v) is 2.93. The molecule has 0 radical (unpaired) electrons. The van der Waals surface area contributed by atoms with Crippen LogP contribution in [0.15, 0.2) is 54.6 Å². The molecule has 0 fully saturated rings. The second-order valence-corrected chi connectivity index (χ2v) is 7.20. The first-order chi connectivity index (χ1) is 14.7. The third kappa shape index (κ3) is 7.93. The van der Waals surface area contributed by atoms with Gasteiger partial charge in [0.05, 0.1) is 25.7 Å². The molecule has 158 valence electrons. The van der Waals surface area contributed by atoms with Gasteiger partial charge in [0.25, 0.3) is 0 Å². The lowest BCUT2D eigenvalue weighted by molar-refractivity contribution is 0.464. The summed E-state index contributed by atoms with van der Waals surface area (Å²) >= 11 is 0. The number of anilines is 2. The van der Waals surface area contributed by atoms with Crippen LogP contribution in [0.25, 0.3) is 0 Å². The summed E-state index contributed by atoms with van der Waals surface area (Å²) in [5, 5.41) is 6.71. The molecular formula is C26H34N4. The lowest BCUT2D eigenvalue weighted by atomic mass is 10.1. The van der Waals surface area contributed by atoms with Crippen molar-refractivity contribution in [2.45, 2.75) is 19.9 Å². The van der Waals surface area contributed by atoms with Crippen LogP contribution in [0.3, 0.4) is 0 Å². The van der Waals surface area contributed by atoms with Gasteiger partial charge in [-0.15, -0.1) is 0 Å². The minimum atomic E-state index is 0.0350. The molecule has 1 atom stereocenters. The molecule has 0 aliphatic heterocycles. The van der Waals surface area contributed by atoms with E-state index in [0.717, 1.165) is 31.0 Å². The van der Waals surface area contributed by atoms with E-state index in [-0.39, 0.29) is 6.04 Å². The minimum absolute atomic E-state index is 0.0350. The van der Waals surface area contributed by atoms with Crippen LogP contribution in [0.4, 0.5) is 11.4 Å². The van der Waals surface area contributed by atoms with Crippen molar-refractivity contribution >= 4 is 11.4 Å². The SMILES string of the molecule is CCNCC#CC(NCC)c1ccc(N(CC#CCN(C)C)c2ccccc2)cc1. The average Bonchev–Trinajstić information content (AvgIpc) is 2.77. The Balaban J connectivity index is 2.22. The summed E-state index contributed by atoms with van der Waals surface area (Å²) in [5.74, 6) is 13.1. The molecule has 0 heterocycles. The zero-order valence-corrected chi connectivity index (χ0v) is 18.7. The molecule has 0 spiro atoms. The van der Waals surface area contributed by atoms with E-state index in [1.54, 1.807) is 0 Å². The van der Waals surface area contributed by atoms with Crippen molar-refractivity contribution in [2.24, 2.45) is 0 Å². The second-order valence-electron chi connectivity index (χ2n) is 7.20. The molecule has 4 nitrogen and oxygen atoms in total. The third-order valence-electron chi connectivity index (χ3n) is 4.48. The number of rotatable bonds is 9. The molecule has 0 saturated heterocycles. The molecule has 4 heteroatoms. The predicted molar refractivity (Wildman–Crippen MR) is 129 cm³/mol. The van der Waals surface area contributed by atoms with Gasteiger partial charge >= 0.3 is 0 Å². The van der Waals surface area contributed by atoms with Gasteiger partial charge in [-0.2, -0.15) is 0 Å². The molecule has 0 aromatic heterocycles. The van der Waals surface area contributed by atoms with E-state index in [1.807, 2.05) is 20.2 Å². The van der Waals surface area contributed by atoms with Crippen molar-refractivity contribution in [3.05, 3.63) is 60.2 Å². The van der Waals surface area contributed by atoms with E-state index in [0.29, 0.717) is 13.1 Å². The monoisotopic (exact) mass is 402 g/mol. The quantitative estimate of drug-likeness (QED) is 0.495. The molecule has 0 bridgehead atoms. The molecule has 0 aliphatic carbocycles. The highest BCUT2D eigenvalue weighted by Gasteiger charge is 2.11. The van der Waals surface area contributed by atoms with Gasteiger partial charge in [0.1, 0.15) is 0 Å². The molecular weight excluding hydrogens is 368 g/mol. The van der Waals surface area contributed by atoms with Gasteiger partial charge < -0.3 is 15.5 Å². The maximum atomic E-state index is 3.47. The van der Waals surface area contributed by atoms with Crippen molar-refractivity contribution in [3.8, 4) is 23.7 Å². The van der Waals surface area contributed by atoms with Crippen LogP contribution in [0.1, 0.15) is 25.5 Å². The lowest BCUT2D eigenvalue weighted by Gasteiger charge is -2.23. The van der Waals surface area contributed by atoms with Gasteiger partial charge in [-0.25, -0.2) is 0 Å². The van der Waals surface area contributed by atoms with E-state index < -0.39 is 0 Å². The van der Waals surface area contributed by atoms with Crippen molar-refractivity contribution in [3.63, 3.8) is 0 Å². The van der Waals surface area contributed by atoms with Gasteiger partial charge in [0.15, 0.2) is 0 Å². The fraction of sp³-hybridized carbons (Fsp3) is 0.385. The van der Waals surface area contributed by atoms with Crippen LogP contribution in [0, 0.1) is 23.7 Å². The molecule has 1 unspecified atom stereocenters. The van der Waals surface area contributed by atoms with Crippen LogP contribution in [-0.4, -0.2) is 51.7 Å². The Morgan fingerprint density at radius 3 is 2.10 bits per heavy atom. The first-order valence-corrected chi connectivity index (χ1v) is 10.6. The first-order valence-electron chi connectivity index (χ1n) is 10.6. The Bertz CT molecular complexity index is 851. The normalized spacial score (nSPS) is 11.2. The topological polar surface area (TPSA) is 30.5 Å². The number of para-hydroxylation sites is 1. The standard InChI is InChI=1S/C26H34N4/c1-5-27-20-12-15-26(28-6-2)23-16-18-25(19-17-23)30(22-11-10-21-29(3)4)24-13-8-7-9-14-24/h7-9,13-14,16-19,26-28H,5-6,20-22H2,1-4H3. The van der Waals surface area contributed by atoms with Crippen LogP contribution < -0.4 is 15.5 Å². The third-order valence-corrected chi connectivity index (χ3v) is 4.48. The number of hydrogen-bond acceptors (Lipinski definition) is 4. The van der Waals surface area contributed by atoms with Crippen molar-refractivity contribution in [2.75, 3.05) is 51.7 Å². The summed E-state index contributed by atoms with van der Waals surface area (Å²) in [6.07, 6.45) is 0. The molecule has 2 rings (SSSR count). The summed E-state index contributed by atoms with van der Waals surface area (Å²) in [6.45, 7) is 8.13. The largest absolute Gasteiger partial charge is 0.330 e. The Morgan fingerprint density at radius 1 is 0.800 bits per heavy atom. The Kier molecular flexibility index (Phi) is 10.6. The lowest BCUT2D eigenvalue weighted by Crippen LogP contribution is -2.21. The molecule has 0 saturated carbocycles. The minimum Gasteiger partial charge on any atom is -0.330 e. The van der Waals surface area contributed by atoms with E-state index >= 15 is 0 Å². The van der Waals surface area contributed by atoms with Crippen LogP contribution in [-0.2, 0) is 0 Å². The number of nitrogens with zero attached hydrogens (tertiary/aromatic N) is 2. The summed E-state index contributed by atoms with van der Waals surface area (Å²) in [7, 11) is 4.06. The van der Waals surface area contributed by atoms with E-state index in [4.69, 9.17) is 0 Å². The summed E-state index contributed by atoms with van der Waals surface area (Å²) < 4.78 is 0. The second kappa shape index (κ2) is 13.5. The molecule has 0 aliphatic rings. The summed E-state index contributed by atoms with van der Waals surface area (Å²) in [4.78, 5) is 4.32. The number of hydrogen-bond donors (Lipinski definition) is 2. The van der Waals surface area contributed by atoms with Crippen molar-refractivity contribution < 1.29 is 0 Å². The number of benzene rings is 2. The van der Waals surface area contributed by atoms with E-state index in [2.05, 4.69) is 106 Å². The summed E-state index contributed by atoms with van der Waals surface area (Å²) in [6, 6.07) is 19.1. The van der Waals surface area contributed by atoms with Crippen molar-refractivity contribution in [1.29, 1.82) is 0 Å². The maximum Gasteiger partial charge on any atom is 0.0946 e. The predicted octanol–water partition coefficient (Wildman–Crippen LogP) is 3.65. The van der Waals surface area contributed by atoms with Gasteiger partial charge in [-0.05, 0) is 57.0 Å². The fourth-order valence-electron chi connectivity index (χ4n) is 2.93. The highest BCUT2D eigenvalue weighted by atomic mass is 15.1. The van der Waals surface area contributed by atoms with E-state index in [9.17, 15) is 0 Å².